The average Bonchev–Trinajstić information content (AvgIpc) is 2.25. The summed E-state index contributed by atoms with van der Waals surface area (Å²) in [5.41, 5.74) is 1.06. The van der Waals surface area contributed by atoms with E-state index < -0.39 is 0 Å². The van der Waals surface area contributed by atoms with Crippen molar-refractivity contribution in [1.82, 2.24) is 0 Å². The summed E-state index contributed by atoms with van der Waals surface area (Å²) in [5, 5.41) is 3.19. The molecule has 1 aromatic rings. The lowest BCUT2D eigenvalue weighted by Crippen LogP contribution is -2.14. The fourth-order valence-corrected chi connectivity index (χ4v) is 1.84. The van der Waals surface area contributed by atoms with Crippen LogP contribution in [0.2, 0.25) is 5.02 Å². The van der Waals surface area contributed by atoms with Gasteiger partial charge in [0, 0.05) is 22.9 Å². The van der Waals surface area contributed by atoms with Crippen LogP contribution >= 0.6 is 11.6 Å². The highest BCUT2D eigenvalue weighted by molar-refractivity contribution is 6.31. The van der Waals surface area contributed by atoms with E-state index in [2.05, 4.69) is 5.32 Å². The van der Waals surface area contributed by atoms with Crippen molar-refractivity contribution in [2.24, 2.45) is 5.92 Å². The summed E-state index contributed by atoms with van der Waals surface area (Å²) >= 11 is 5.80. The number of amides is 1. The first kappa shape index (κ1) is 10.2. The lowest BCUT2D eigenvalue weighted by Gasteiger charge is -2.06. The molecule has 0 bridgehead atoms. The number of benzene rings is 1. The van der Waals surface area contributed by atoms with Gasteiger partial charge in [0.1, 0.15) is 0 Å². The Bertz CT molecular complexity index is 442. The van der Waals surface area contributed by atoms with Crippen LogP contribution in [0.4, 0.5) is 5.69 Å². The number of halogens is 1. The Morgan fingerprint density at radius 3 is 2.87 bits per heavy atom. The molecule has 4 heteroatoms. The number of fused-ring (bicyclic) bond motifs is 1. The average molecular weight is 224 g/mol. The minimum absolute atomic E-state index is 0.0139. The molecule has 2 rings (SSSR count). The van der Waals surface area contributed by atoms with Crippen LogP contribution in [-0.2, 0) is 4.79 Å². The first-order chi connectivity index (χ1) is 7.08. The van der Waals surface area contributed by atoms with Gasteiger partial charge in [0.25, 0.3) is 0 Å². The number of Topliss-reactive ketones (excluding diaryl/α,β-unsaturated/α-hetero) is 1. The number of hydrogen-bond donors (Lipinski definition) is 1. The van der Waals surface area contributed by atoms with E-state index in [1.54, 1.807) is 25.1 Å². The van der Waals surface area contributed by atoms with Gasteiger partial charge in [0.15, 0.2) is 5.78 Å². The van der Waals surface area contributed by atoms with Crippen LogP contribution in [0, 0.1) is 5.92 Å². The van der Waals surface area contributed by atoms with Crippen molar-refractivity contribution < 1.29 is 9.59 Å². The molecule has 0 radical (unpaired) electrons. The third-order valence-corrected chi connectivity index (χ3v) is 2.70. The standard InChI is InChI=1S/C11H10ClNO2/c1-6-4-10(14)13-9-5-7(12)2-3-8(9)11(6)15/h2-3,5-6H,4H2,1H3,(H,13,14). The van der Waals surface area contributed by atoms with Crippen molar-refractivity contribution in [1.29, 1.82) is 0 Å². The summed E-state index contributed by atoms with van der Waals surface area (Å²) in [5.74, 6) is -0.427. The number of rotatable bonds is 0. The molecule has 0 aromatic heterocycles. The summed E-state index contributed by atoms with van der Waals surface area (Å²) in [6.45, 7) is 1.76. The highest BCUT2D eigenvalue weighted by Crippen LogP contribution is 2.27. The lowest BCUT2D eigenvalue weighted by atomic mass is 9.97. The van der Waals surface area contributed by atoms with Crippen molar-refractivity contribution in [2.45, 2.75) is 13.3 Å². The lowest BCUT2D eigenvalue weighted by molar-refractivity contribution is -0.116. The van der Waals surface area contributed by atoms with Gasteiger partial charge in [-0.1, -0.05) is 18.5 Å². The summed E-state index contributed by atoms with van der Waals surface area (Å²) in [6.07, 6.45) is 0.227. The van der Waals surface area contributed by atoms with Crippen LogP contribution < -0.4 is 5.32 Å². The molecule has 78 valence electrons. The van der Waals surface area contributed by atoms with Gasteiger partial charge in [-0.05, 0) is 18.2 Å². The van der Waals surface area contributed by atoms with Gasteiger partial charge in [-0.3, -0.25) is 9.59 Å². The van der Waals surface area contributed by atoms with Crippen molar-refractivity contribution >= 4 is 29.0 Å². The van der Waals surface area contributed by atoms with Crippen molar-refractivity contribution in [3.8, 4) is 0 Å². The van der Waals surface area contributed by atoms with E-state index in [9.17, 15) is 9.59 Å². The highest BCUT2D eigenvalue weighted by atomic mass is 35.5. The monoisotopic (exact) mass is 223 g/mol. The smallest absolute Gasteiger partial charge is 0.225 e. The zero-order chi connectivity index (χ0) is 11.0. The Balaban J connectivity index is 2.54. The van der Waals surface area contributed by atoms with Crippen LogP contribution in [0.3, 0.4) is 0 Å². The number of carbonyl (C=O) groups excluding carboxylic acids is 2. The van der Waals surface area contributed by atoms with Gasteiger partial charge < -0.3 is 5.32 Å². The molecular formula is C11H10ClNO2. The molecule has 0 spiro atoms. The van der Waals surface area contributed by atoms with Crippen LogP contribution in [-0.4, -0.2) is 11.7 Å². The summed E-state index contributed by atoms with van der Waals surface area (Å²) < 4.78 is 0. The van der Waals surface area contributed by atoms with Gasteiger partial charge in [-0.15, -0.1) is 0 Å². The zero-order valence-corrected chi connectivity index (χ0v) is 8.97. The maximum absolute atomic E-state index is 11.9. The van der Waals surface area contributed by atoms with Crippen molar-refractivity contribution in [2.75, 3.05) is 5.32 Å². The van der Waals surface area contributed by atoms with Crippen molar-refractivity contribution in [3.63, 3.8) is 0 Å². The third kappa shape index (κ3) is 1.88. The molecule has 1 N–H and O–H groups in total. The predicted octanol–water partition coefficient (Wildman–Crippen LogP) is 2.50. The van der Waals surface area contributed by atoms with E-state index in [0.29, 0.717) is 16.3 Å². The third-order valence-electron chi connectivity index (χ3n) is 2.46. The Hall–Kier alpha value is -1.35. The molecular weight excluding hydrogens is 214 g/mol. The number of anilines is 1. The Morgan fingerprint density at radius 1 is 1.40 bits per heavy atom. The van der Waals surface area contributed by atoms with E-state index >= 15 is 0 Å². The minimum Gasteiger partial charge on any atom is -0.325 e. The van der Waals surface area contributed by atoms with E-state index in [4.69, 9.17) is 11.6 Å². The fourth-order valence-electron chi connectivity index (χ4n) is 1.67. The normalized spacial score (nSPS) is 20.5. The van der Waals surface area contributed by atoms with Crippen molar-refractivity contribution in [3.05, 3.63) is 28.8 Å². The number of hydrogen-bond acceptors (Lipinski definition) is 2. The first-order valence-corrected chi connectivity index (χ1v) is 5.09. The number of nitrogens with one attached hydrogen (secondary N) is 1. The van der Waals surface area contributed by atoms with Gasteiger partial charge in [0.2, 0.25) is 5.91 Å². The summed E-state index contributed by atoms with van der Waals surface area (Å²) in [4.78, 5) is 23.3. The highest BCUT2D eigenvalue weighted by Gasteiger charge is 2.25. The fraction of sp³-hybridized carbons (Fsp3) is 0.273. The molecule has 1 heterocycles. The van der Waals surface area contributed by atoms with E-state index in [0.717, 1.165) is 0 Å². The molecule has 1 aliphatic rings. The van der Waals surface area contributed by atoms with E-state index in [1.165, 1.54) is 0 Å². The van der Waals surface area contributed by atoms with Gasteiger partial charge in [-0.2, -0.15) is 0 Å². The Labute approximate surface area is 92.4 Å². The molecule has 1 unspecified atom stereocenters. The Morgan fingerprint density at radius 2 is 2.13 bits per heavy atom. The summed E-state index contributed by atoms with van der Waals surface area (Å²) in [7, 11) is 0. The van der Waals surface area contributed by atoms with Gasteiger partial charge in [0.05, 0.1) is 5.69 Å². The molecule has 1 amide bonds. The molecule has 1 atom stereocenters. The second-order valence-corrected chi connectivity index (χ2v) is 4.14. The molecule has 0 aliphatic carbocycles. The Kier molecular flexibility index (Phi) is 2.49. The largest absolute Gasteiger partial charge is 0.325 e. The molecule has 1 aliphatic heterocycles. The molecule has 0 fully saturated rings. The molecule has 0 saturated carbocycles. The SMILES string of the molecule is CC1CC(=O)Nc2cc(Cl)ccc2C1=O. The number of ketones is 1. The van der Waals surface area contributed by atoms with Gasteiger partial charge in [-0.25, -0.2) is 0 Å². The quantitative estimate of drug-likeness (QED) is 0.735. The predicted molar refractivity (Wildman–Crippen MR) is 58.2 cm³/mol. The molecule has 15 heavy (non-hydrogen) atoms. The van der Waals surface area contributed by atoms with E-state index in [1.807, 2.05) is 0 Å². The zero-order valence-electron chi connectivity index (χ0n) is 8.21. The summed E-state index contributed by atoms with van der Waals surface area (Å²) in [6, 6.07) is 4.91. The van der Waals surface area contributed by atoms with Gasteiger partial charge >= 0.3 is 0 Å². The maximum atomic E-state index is 11.9. The topological polar surface area (TPSA) is 46.2 Å². The van der Waals surface area contributed by atoms with E-state index in [-0.39, 0.29) is 24.0 Å². The second-order valence-electron chi connectivity index (χ2n) is 3.71. The second kappa shape index (κ2) is 3.66. The molecule has 1 aromatic carbocycles. The minimum atomic E-state index is -0.271. The maximum Gasteiger partial charge on any atom is 0.225 e. The van der Waals surface area contributed by atoms with Crippen LogP contribution in [0.5, 0.6) is 0 Å². The number of carbonyl (C=O) groups is 2. The molecule has 3 nitrogen and oxygen atoms in total. The molecule has 0 saturated heterocycles. The van der Waals surface area contributed by atoms with Crippen LogP contribution in [0.25, 0.3) is 0 Å². The first-order valence-electron chi connectivity index (χ1n) is 4.71. The van der Waals surface area contributed by atoms with Crippen LogP contribution in [0.15, 0.2) is 18.2 Å². The van der Waals surface area contributed by atoms with Crippen LogP contribution in [0.1, 0.15) is 23.7 Å².